The lowest BCUT2D eigenvalue weighted by Crippen LogP contribution is -2.37. The number of amides is 1. The smallest absolute Gasteiger partial charge is 0.229 e. The van der Waals surface area contributed by atoms with Crippen molar-refractivity contribution in [3.63, 3.8) is 0 Å². The van der Waals surface area contributed by atoms with Crippen LogP contribution in [-0.4, -0.2) is 23.5 Å². The van der Waals surface area contributed by atoms with Gasteiger partial charge in [0.15, 0.2) is 0 Å². The summed E-state index contributed by atoms with van der Waals surface area (Å²) >= 11 is 0. The van der Waals surface area contributed by atoms with Crippen molar-refractivity contribution in [3.05, 3.63) is 30.3 Å². The fraction of sp³-hybridized carbons (Fsp3) is 0.467. The zero-order chi connectivity index (χ0) is 15.0. The van der Waals surface area contributed by atoms with Gasteiger partial charge in [0.05, 0.1) is 0 Å². The molecule has 1 rings (SSSR count). The Hall–Kier alpha value is -2.04. The molecule has 1 amide bonds. The molecule has 5 nitrogen and oxygen atoms in total. The number of para-hydroxylation sites is 1. The molecule has 0 saturated heterocycles. The fourth-order valence-electron chi connectivity index (χ4n) is 2.07. The maximum Gasteiger partial charge on any atom is 0.229 e. The molecule has 1 aromatic rings. The summed E-state index contributed by atoms with van der Waals surface area (Å²) in [7, 11) is 0. The van der Waals surface area contributed by atoms with Gasteiger partial charge in [-0.05, 0) is 18.6 Å². The van der Waals surface area contributed by atoms with Crippen molar-refractivity contribution in [1.29, 1.82) is 0 Å². The van der Waals surface area contributed by atoms with Gasteiger partial charge in [0.1, 0.15) is 5.84 Å². The Bertz CT molecular complexity index is 446. The van der Waals surface area contributed by atoms with E-state index in [2.05, 4.69) is 12.1 Å². The van der Waals surface area contributed by atoms with E-state index in [0.29, 0.717) is 13.0 Å². The predicted octanol–water partition coefficient (Wildman–Crippen LogP) is 2.59. The summed E-state index contributed by atoms with van der Waals surface area (Å²) < 4.78 is 0. The maximum atomic E-state index is 12.5. The molecule has 0 aliphatic rings. The van der Waals surface area contributed by atoms with E-state index in [-0.39, 0.29) is 17.7 Å². The van der Waals surface area contributed by atoms with E-state index in [1.165, 1.54) is 0 Å². The Labute approximate surface area is 120 Å². The third kappa shape index (κ3) is 4.57. The van der Waals surface area contributed by atoms with Crippen LogP contribution >= 0.6 is 0 Å². The SMILES string of the molecule is CCCC(C)C(=O)N(CC/C(N)=N/O)c1ccccc1. The van der Waals surface area contributed by atoms with Crippen LogP contribution in [0.15, 0.2) is 35.5 Å². The average molecular weight is 277 g/mol. The number of nitrogens with two attached hydrogens (primary N) is 1. The van der Waals surface area contributed by atoms with E-state index >= 15 is 0 Å². The van der Waals surface area contributed by atoms with Crippen LogP contribution in [0.3, 0.4) is 0 Å². The number of amidine groups is 1. The van der Waals surface area contributed by atoms with Crippen LogP contribution in [-0.2, 0) is 4.79 Å². The second-order valence-electron chi connectivity index (χ2n) is 4.86. The second-order valence-corrected chi connectivity index (χ2v) is 4.86. The highest BCUT2D eigenvalue weighted by atomic mass is 16.4. The molecule has 0 spiro atoms. The van der Waals surface area contributed by atoms with Gasteiger partial charge in [0.2, 0.25) is 5.91 Å². The molecule has 0 aromatic heterocycles. The molecule has 1 aromatic carbocycles. The molecule has 1 unspecified atom stereocenters. The summed E-state index contributed by atoms with van der Waals surface area (Å²) in [6.45, 7) is 4.41. The fourth-order valence-corrected chi connectivity index (χ4v) is 2.07. The number of hydrogen-bond donors (Lipinski definition) is 2. The highest BCUT2D eigenvalue weighted by Gasteiger charge is 2.21. The van der Waals surface area contributed by atoms with Crippen LogP contribution in [0, 0.1) is 5.92 Å². The van der Waals surface area contributed by atoms with E-state index in [0.717, 1.165) is 18.5 Å². The van der Waals surface area contributed by atoms with Gasteiger partial charge in [-0.1, -0.05) is 43.6 Å². The number of nitrogens with zero attached hydrogens (tertiary/aromatic N) is 2. The molecule has 1 atom stereocenters. The Kier molecular flexibility index (Phi) is 6.56. The van der Waals surface area contributed by atoms with Crippen molar-refractivity contribution in [2.75, 3.05) is 11.4 Å². The number of carbonyl (C=O) groups is 1. The van der Waals surface area contributed by atoms with E-state index in [1.807, 2.05) is 37.3 Å². The topological polar surface area (TPSA) is 78.9 Å². The molecule has 3 N–H and O–H groups in total. The van der Waals surface area contributed by atoms with Gasteiger partial charge in [-0.15, -0.1) is 0 Å². The molecule has 5 heteroatoms. The molecule has 20 heavy (non-hydrogen) atoms. The third-order valence-corrected chi connectivity index (χ3v) is 3.20. The van der Waals surface area contributed by atoms with Crippen molar-refractivity contribution < 1.29 is 10.0 Å². The molecule has 0 fully saturated rings. The molecule has 0 bridgehead atoms. The minimum atomic E-state index is -0.0347. The minimum absolute atomic E-state index is 0.0347. The summed E-state index contributed by atoms with van der Waals surface area (Å²) in [5.74, 6) is 0.165. The first-order chi connectivity index (χ1) is 9.60. The van der Waals surface area contributed by atoms with E-state index in [4.69, 9.17) is 10.9 Å². The maximum absolute atomic E-state index is 12.5. The summed E-state index contributed by atoms with van der Waals surface area (Å²) in [5.41, 5.74) is 6.34. The van der Waals surface area contributed by atoms with Gasteiger partial charge in [0.25, 0.3) is 0 Å². The van der Waals surface area contributed by atoms with Gasteiger partial charge in [-0.3, -0.25) is 4.79 Å². The number of carbonyl (C=O) groups excluding carboxylic acids is 1. The molecule has 0 radical (unpaired) electrons. The van der Waals surface area contributed by atoms with Crippen molar-refractivity contribution in [2.45, 2.75) is 33.1 Å². The lowest BCUT2D eigenvalue weighted by molar-refractivity contribution is -0.122. The Morgan fingerprint density at radius 1 is 1.40 bits per heavy atom. The molecule has 0 aliphatic carbocycles. The Morgan fingerprint density at radius 3 is 2.60 bits per heavy atom. The molecular weight excluding hydrogens is 254 g/mol. The van der Waals surface area contributed by atoms with Crippen LogP contribution in [0.25, 0.3) is 0 Å². The number of anilines is 1. The van der Waals surface area contributed by atoms with E-state index in [9.17, 15) is 4.79 Å². The number of benzene rings is 1. The molecule has 0 aliphatic heterocycles. The summed E-state index contributed by atoms with van der Waals surface area (Å²) in [6.07, 6.45) is 2.16. The van der Waals surface area contributed by atoms with Crippen molar-refractivity contribution in [2.24, 2.45) is 16.8 Å². The normalized spacial score (nSPS) is 13.0. The van der Waals surface area contributed by atoms with E-state index in [1.54, 1.807) is 4.90 Å². The first-order valence-electron chi connectivity index (χ1n) is 6.93. The van der Waals surface area contributed by atoms with Crippen LogP contribution in [0.5, 0.6) is 0 Å². The Morgan fingerprint density at radius 2 is 2.05 bits per heavy atom. The van der Waals surface area contributed by atoms with Gasteiger partial charge < -0.3 is 15.8 Å². The zero-order valence-electron chi connectivity index (χ0n) is 12.1. The molecule has 110 valence electrons. The number of hydrogen-bond acceptors (Lipinski definition) is 3. The van der Waals surface area contributed by atoms with Crippen LogP contribution < -0.4 is 10.6 Å². The quantitative estimate of drug-likeness (QED) is 0.348. The van der Waals surface area contributed by atoms with Gasteiger partial charge in [-0.2, -0.15) is 0 Å². The zero-order valence-corrected chi connectivity index (χ0v) is 12.1. The first kappa shape index (κ1) is 16.0. The van der Waals surface area contributed by atoms with Crippen LogP contribution in [0.2, 0.25) is 0 Å². The predicted molar refractivity (Wildman–Crippen MR) is 80.9 cm³/mol. The Balaban J connectivity index is 2.87. The molecule has 0 heterocycles. The number of rotatable bonds is 7. The van der Waals surface area contributed by atoms with Crippen molar-refractivity contribution in [1.82, 2.24) is 0 Å². The lowest BCUT2D eigenvalue weighted by atomic mass is 10.0. The standard InChI is InChI=1S/C15H23N3O2/c1-3-7-12(2)15(19)18(11-10-14(16)17-20)13-8-5-4-6-9-13/h4-6,8-9,12,20H,3,7,10-11H2,1-2H3,(H2,16,17). The molecular formula is C15H23N3O2. The summed E-state index contributed by atoms with van der Waals surface area (Å²) in [4.78, 5) is 14.2. The van der Waals surface area contributed by atoms with Gasteiger partial charge in [0, 0.05) is 24.6 Å². The van der Waals surface area contributed by atoms with Gasteiger partial charge in [-0.25, -0.2) is 0 Å². The van der Waals surface area contributed by atoms with E-state index < -0.39 is 0 Å². The largest absolute Gasteiger partial charge is 0.409 e. The van der Waals surface area contributed by atoms with Gasteiger partial charge >= 0.3 is 0 Å². The van der Waals surface area contributed by atoms with Crippen molar-refractivity contribution in [3.8, 4) is 0 Å². The number of oxime groups is 1. The highest BCUT2D eigenvalue weighted by Crippen LogP contribution is 2.19. The highest BCUT2D eigenvalue weighted by molar-refractivity contribution is 5.95. The summed E-state index contributed by atoms with van der Waals surface area (Å²) in [5, 5.41) is 11.6. The summed E-state index contributed by atoms with van der Waals surface area (Å²) in [6, 6.07) is 9.48. The van der Waals surface area contributed by atoms with Crippen LogP contribution in [0.1, 0.15) is 33.1 Å². The average Bonchev–Trinajstić information content (AvgIpc) is 2.48. The van der Waals surface area contributed by atoms with Crippen LogP contribution in [0.4, 0.5) is 5.69 Å². The monoisotopic (exact) mass is 277 g/mol. The first-order valence-corrected chi connectivity index (χ1v) is 6.93. The molecule has 0 saturated carbocycles. The van der Waals surface area contributed by atoms with Crippen molar-refractivity contribution >= 4 is 17.4 Å². The third-order valence-electron chi connectivity index (χ3n) is 3.20. The lowest BCUT2D eigenvalue weighted by Gasteiger charge is -2.25. The minimum Gasteiger partial charge on any atom is -0.409 e. The second kappa shape index (κ2) is 8.19.